The summed E-state index contributed by atoms with van der Waals surface area (Å²) in [4.78, 5) is 26.6. The fourth-order valence-corrected chi connectivity index (χ4v) is 3.34. The Morgan fingerprint density at radius 3 is 2.26 bits per heavy atom. The summed E-state index contributed by atoms with van der Waals surface area (Å²) in [7, 11) is 0. The molecule has 5 nitrogen and oxygen atoms in total. The second-order valence-electron chi connectivity index (χ2n) is 6.72. The summed E-state index contributed by atoms with van der Waals surface area (Å²) in [6.45, 7) is 3.43. The van der Waals surface area contributed by atoms with E-state index in [9.17, 15) is 19.8 Å². The SMILES string of the molecule is Cc1ccc(C(O)=C2C(=O)C(=O)N(C[C@@H](C)O)[C@@H]2c2ccc(Cl)cc2)cc1. The summed E-state index contributed by atoms with van der Waals surface area (Å²) >= 11 is 5.96. The molecule has 1 aliphatic heterocycles. The van der Waals surface area contributed by atoms with E-state index in [4.69, 9.17) is 11.6 Å². The van der Waals surface area contributed by atoms with Gasteiger partial charge in [0.15, 0.2) is 0 Å². The number of nitrogens with zero attached hydrogens (tertiary/aromatic N) is 1. The lowest BCUT2D eigenvalue weighted by Crippen LogP contribution is -2.35. The molecule has 0 aliphatic carbocycles. The van der Waals surface area contributed by atoms with Crippen LogP contribution in [0.4, 0.5) is 0 Å². The average Bonchev–Trinajstić information content (AvgIpc) is 2.87. The van der Waals surface area contributed by atoms with Crippen molar-refractivity contribution in [3.05, 3.63) is 75.8 Å². The molecule has 2 aromatic rings. The van der Waals surface area contributed by atoms with Gasteiger partial charge in [0.05, 0.1) is 17.7 Å². The standard InChI is InChI=1S/C21H20ClNO4/c1-12-3-5-15(6-4-12)19(25)17-18(14-7-9-16(22)10-8-14)23(11-13(2)24)21(27)20(17)26/h3-10,13,18,24-25H,11H2,1-2H3/t13-,18-/m1/s1. The van der Waals surface area contributed by atoms with Crippen LogP contribution in [0.15, 0.2) is 54.1 Å². The zero-order valence-corrected chi connectivity index (χ0v) is 15.8. The first-order chi connectivity index (χ1) is 12.8. The third kappa shape index (κ3) is 3.75. The predicted octanol–water partition coefficient (Wildman–Crippen LogP) is 3.45. The molecule has 0 aromatic heterocycles. The van der Waals surface area contributed by atoms with Crippen LogP contribution in [0.5, 0.6) is 0 Å². The molecule has 0 unspecified atom stereocenters. The molecule has 27 heavy (non-hydrogen) atoms. The molecule has 1 amide bonds. The van der Waals surface area contributed by atoms with E-state index in [0.717, 1.165) is 5.56 Å². The van der Waals surface area contributed by atoms with Crippen LogP contribution in [0.2, 0.25) is 5.02 Å². The number of carbonyl (C=O) groups is 2. The van der Waals surface area contributed by atoms with Crippen molar-refractivity contribution in [3.63, 3.8) is 0 Å². The quantitative estimate of drug-likeness (QED) is 0.480. The van der Waals surface area contributed by atoms with Crippen molar-refractivity contribution in [2.24, 2.45) is 0 Å². The van der Waals surface area contributed by atoms with Gasteiger partial charge in [-0.2, -0.15) is 0 Å². The van der Waals surface area contributed by atoms with Crippen molar-refractivity contribution in [3.8, 4) is 0 Å². The minimum atomic E-state index is -0.822. The third-order valence-electron chi connectivity index (χ3n) is 4.51. The molecule has 140 valence electrons. The Balaban J connectivity index is 2.17. The summed E-state index contributed by atoms with van der Waals surface area (Å²) in [5.41, 5.74) is 2.10. The number of hydrogen-bond acceptors (Lipinski definition) is 4. The van der Waals surface area contributed by atoms with E-state index in [-0.39, 0.29) is 17.9 Å². The Labute approximate surface area is 162 Å². The minimum Gasteiger partial charge on any atom is -0.507 e. The molecule has 0 bridgehead atoms. The summed E-state index contributed by atoms with van der Waals surface area (Å²) in [6.07, 6.45) is -0.822. The lowest BCUT2D eigenvalue weighted by atomic mass is 9.95. The highest BCUT2D eigenvalue weighted by Gasteiger charge is 2.46. The van der Waals surface area contributed by atoms with Gasteiger partial charge in [-0.15, -0.1) is 0 Å². The molecule has 2 N–H and O–H groups in total. The Kier molecular flexibility index (Phi) is 5.35. The molecule has 1 aliphatic rings. The van der Waals surface area contributed by atoms with E-state index >= 15 is 0 Å². The van der Waals surface area contributed by atoms with Gasteiger partial charge in [0.2, 0.25) is 0 Å². The minimum absolute atomic E-state index is 0.00632. The lowest BCUT2D eigenvalue weighted by molar-refractivity contribution is -0.140. The number of aliphatic hydroxyl groups excluding tert-OH is 2. The van der Waals surface area contributed by atoms with Gasteiger partial charge in [-0.05, 0) is 31.5 Å². The highest BCUT2D eigenvalue weighted by molar-refractivity contribution is 6.46. The molecule has 2 atom stereocenters. The second kappa shape index (κ2) is 7.55. The van der Waals surface area contributed by atoms with Crippen LogP contribution in [0.25, 0.3) is 5.76 Å². The van der Waals surface area contributed by atoms with Gasteiger partial charge in [0, 0.05) is 17.1 Å². The molecular weight excluding hydrogens is 366 g/mol. The zero-order chi connectivity index (χ0) is 19.7. The second-order valence-corrected chi connectivity index (χ2v) is 7.15. The number of Topliss-reactive ketones (excluding diaryl/α,β-unsaturated/α-hetero) is 1. The van der Waals surface area contributed by atoms with E-state index in [1.807, 2.05) is 19.1 Å². The molecule has 1 heterocycles. The molecule has 0 spiro atoms. The lowest BCUT2D eigenvalue weighted by Gasteiger charge is -2.26. The van der Waals surface area contributed by atoms with Crippen molar-refractivity contribution < 1.29 is 19.8 Å². The Morgan fingerprint density at radius 2 is 1.70 bits per heavy atom. The van der Waals surface area contributed by atoms with Gasteiger partial charge in [0.25, 0.3) is 11.7 Å². The number of carbonyl (C=O) groups excluding carboxylic acids is 2. The van der Waals surface area contributed by atoms with Gasteiger partial charge in [-0.1, -0.05) is 53.6 Å². The fraction of sp³-hybridized carbons (Fsp3) is 0.238. The number of benzene rings is 2. The molecular formula is C21H20ClNO4. The summed E-state index contributed by atoms with van der Waals surface area (Å²) in [5.74, 6) is -1.75. The van der Waals surface area contributed by atoms with Crippen LogP contribution >= 0.6 is 11.6 Å². The number of likely N-dealkylation sites (tertiary alicyclic amines) is 1. The van der Waals surface area contributed by atoms with Crippen LogP contribution in [0, 0.1) is 6.92 Å². The van der Waals surface area contributed by atoms with E-state index in [1.54, 1.807) is 36.4 Å². The van der Waals surface area contributed by atoms with Crippen LogP contribution in [-0.2, 0) is 9.59 Å². The maximum absolute atomic E-state index is 12.7. The van der Waals surface area contributed by atoms with Crippen molar-refractivity contribution >= 4 is 29.1 Å². The largest absolute Gasteiger partial charge is 0.507 e. The fourth-order valence-electron chi connectivity index (χ4n) is 3.21. The molecule has 0 saturated carbocycles. The van der Waals surface area contributed by atoms with E-state index in [2.05, 4.69) is 0 Å². The van der Waals surface area contributed by atoms with Crippen molar-refractivity contribution in [1.82, 2.24) is 4.90 Å². The summed E-state index contributed by atoms with van der Waals surface area (Å²) in [5, 5.41) is 21.1. The zero-order valence-electron chi connectivity index (χ0n) is 15.0. The number of aliphatic hydroxyl groups is 2. The highest BCUT2D eigenvalue weighted by Crippen LogP contribution is 2.39. The van der Waals surface area contributed by atoms with E-state index in [1.165, 1.54) is 11.8 Å². The molecule has 2 aromatic carbocycles. The maximum Gasteiger partial charge on any atom is 0.295 e. The summed E-state index contributed by atoms with van der Waals surface area (Å²) in [6, 6.07) is 13.0. The number of amides is 1. The van der Waals surface area contributed by atoms with Gasteiger partial charge in [-0.25, -0.2) is 0 Å². The van der Waals surface area contributed by atoms with Crippen LogP contribution in [-0.4, -0.2) is 39.5 Å². The summed E-state index contributed by atoms with van der Waals surface area (Å²) < 4.78 is 0. The van der Waals surface area contributed by atoms with E-state index in [0.29, 0.717) is 16.1 Å². The van der Waals surface area contributed by atoms with Crippen molar-refractivity contribution in [2.75, 3.05) is 6.54 Å². The number of β-amino-alcohol motifs (C(OH)–C–C–N with tert-alkyl or cyclic N) is 1. The Hall–Kier alpha value is -2.63. The van der Waals surface area contributed by atoms with Gasteiger partial charge >= 0.3 is 0 Å². The average molecular weight is 386 g/mol. The van der Waals surface area contributed by atoms with Crippen LogP contribution in [0.3, 0.4) is 0 Å². The van der Waals surface area contributed by atoms with Gasteiger partial charge in [-0.3, -0.25) is 9.59 Å². The number of hydrogen-bond donors (Lipinski definition) is 2. The monoisotopic (exact) mass is 385 g/mol. The third-order valence-corrected chi connectivity index (χ3v) is 4.76. The first-order valence-corrected chi connectivity index (χ1v) is 8.96. The van der Waals surface area contributed by atoms with Crippen LogP contribution in [0.1, 0.15) is 29.7 Å². The molecule has 0 radical (unpaired) electrons. The topological polar surface area (TPSA) is 77.8 Å². The van der Waals surface area contributed by atoms with Gasteiger partial charge < -0.3 is 15.1 Å². The Morgan fingerprint density at radius 1 is 1.11 bits per heavy atom. The van der Waals surface area contributed by atoms with Crippen molar-refractivity contribution in [1.29, 1.82) is 0 Å². The van der Waals surface area contributed by atoms with Crippen LogP contribution < -0.4 is 0 Å². The highest BCUT2D eigenvalue weighted by atomic mass is 35.5. The van der Waals surface area contributed by atoms with Crippen molar-refractivity contribution in [2.45, 2.75) is 26.0 Å². The normalized spacial score (nSPS) is 20.1. The smallest absolute Gasteiger partial charge is 0.295 e. The molecule has 6 heteroatoms. The molecule has 1 saturated heterocycles. The molecule has 3 rings (SSSR count). The number of ketones is 1. The maximum atomic E-state index is 12.7. The number of rotatable bonds is 4. The Bertz CT molecular complexity index is 901. The van der Waals surface area contributed by atoms with Gasteiger partial charge in [0.1, 0.15) is 5.76 Å². The number of halogens is 1. The first kappa shape index (κ1) is 19.1. The molecule has 1 fully saturated rings. The number of aryl methyl sites for hydroxylation is 1. The predicted molar refractivity (Wildman–Crippen MR) is 103 cm³/mol. The van der Waals surface area contributed by atoms with E-state index < -0.39 is 23.8 Å². The first-order valence-electron chi connectivity index (χ1n) is 8.58.